The summed E-state index contributed by atoms with van der Waals surface area (Å²) in [7, 11) is 0. The van der Waals surface area contributed by atoms with E-state index in [1.807, 2.05) is 18.2 Å². The van der Waals surface area contributed by atoms with Gasteiger partial charge in [0, 0.05) is 0 Å². The van der Waals surface area contributed by atoms with Gasteiger partial charge in [-0.15, -0.1) is 0 Å². The van der Waals surface area contributed by atoms with Gasteiger partial charge in [0.1, 0.15) is 0 Å². The van der Waals surface area contributed by atoms with E-state index < -0.39 is 8.13 Å². The molecule has 17 heavy (non-hydrogen) atoms. The average molecular weight is 333 g/mol. The van der Waals surface area contributed by atoms with E-state index in [-0.39, 0.29) is 0 Å². The van der Waals surface area contributed by atoms with Crippen LogP contribution in [0.25, 0.3) is 0 Å². The summed E-state index contributed by atoms with van der Waals surface area (Å²) >= 11 is 29.8. The van der Waals surface area contributed by atoms with Crippen LogP contribution in [0.15, 0.2) is 24.3 Å². The molecular formula is C12H12Cl5. The molecule has 95 valence electrons. The normalized spacial score (nSPS) is 12.8. The number of halogens is 5. The van der Waals surface area contributed by atoms with Gasteiger partial charge in [-0.2, -0.15) is 0 Å². The van der Waals surface area contributed by atoms with E-state index >= 15 is 0 Å². The summed E-state index contributed by atoms with van der Waals surface area (Å²) < 4.78 is -3.34. The molecule has 0 aromatic heterocycles. The second-order valence-electron chi connectivity index (χ2n) is 3.69. The SMILES string of the molecule is [CH2]CCCc1ccccc1C(Cl)(Cl)C(Cl)(Cl)Cl. The van der Waals surface area contributed by atoms with E-state index in [1.54, 1.807) is 6.07 Å². The van der Waals surface area contributed by atoms with E-state index in [1.165, 1.54) is 0 Å². The molecule has 0 heterocycles. The molecular weight excluding hydrogens is 321 g/mol. The predicted octanol–water partition coefficient (Wildman–Crippen LogP) is 5.84. The molecule has 0 aliphatic heterocycles. The zero-order chi connectivity index (χ0) is 13.1. The first-order valence-electron chi connectivity index (χ1n) is 5.13. The van der Waals surface area contributed by atoms with E-state index in [2.05, 4.69) is 6.92 Å². The molecule has 1 radical (unpaired) electrons. The van der Waals surface area contributed by atoms with Crippen LogP contribution in [0.4, 0.5) is 0 Å². The summed E-state index contributed by atoms with van der Waals surface area (Å²) in [5, 5.41) is 0. The smallest absolute Gasteiger partial charge is 0.0915 e. The van der Waals surface area contributed by atoms with Crippen molar-refractivity contribution in [2.75, 3.05) is 0 Å². The summed E-state index contributed by atoms with van der Waals surface area (Å²) in [4.78, 5) is 0. The van der Waals surface area contributed by atoms with Gasteiger partial charge in [0.25, 0.3) is 0 Å². The minimum Gasteiger partial charge on any atom is -0.0915 e. The standard InChI is InChI=1S/C12H12Cl5/c1-2-3-6-9-7-4-5-8-10(9)11(13,14)12(15,16)17/h4-5,7-8H,1-3,6H2. The molecule has 1 aromatic rings. The molecule has 1 aromatic carbocycles. The fourth-order valence-corrected chi connectivity index (χ4v) is 2.19. The third kappa shape index (κ3) is 3.81. The summed E-state index contributed by atoms with van der Waals surface area (Å²) in [5.41, 5.74) is 1.62. The third-order valence-corrected chi connectivity index (χ3v) is 4.81. The second kappa shape index (κ2) is 6.21. The summed E-state index contributed by atoms with van der Waals surface area (Å²) in [6.07, 6.45) is 2.57. The highest BCUT2D eigenvalue weighted by molar-refractivity contribution is 6.75. The lowest BCUT2D eigenvalue weighted by molar-refractivity contribution is 0.798. The Labute approximate surface area is 127 Å². The topological polar surface area (TPSA) is 0 Å². The molecule has 0 N–H and O–H groups in total. The summed E-state index contributed by atoms with van der Waals surface area (Å²) in [6.45, 7) is 3.80. The van der Waals surface area contributed by atoms with E-state index in [0.29, 0.717) is 5.56 Å². The lowest BCUT2D eigenvalue weighted by atomic mass is 9.99. The first kappa shape index (κ1) is 15.7. The maximum atomic E-state index is 6.18. The zero-order valence-corrected chi connectivity index (χ0v) is 12.8. The summed E-state index contributed by atoms with van der Waals surface area (Å²) in [5.74, 6) is 0. The molecule has 0 unspecified atom stereocenters. The van der Waals surface area contributed by atoms with Gasteiger partial charge >= 0.3 is 0 Å². The molecule has 0 nitrogen and oxygen atoms in total. The van der Waals surface area contributed by atoms with Crippen molar-refractivity contribution in [3.8, 4) is 0 Å². The highest BCUT2D eigenvalue weighted by Gasteiger charge is 2.48. The summed E-state index contributed by atoms with van der Waals surface area (Å²) in [6, 6.07) is 7.43. The highest BCUT2D eigenvalue weighted by Crippen LogP contribution is 2.53. The van der Waals surface area contributed by atoms with Gasteiger partial charge in [-0.1, -0.05) is 95.6 Å². The van der Waals surface area contributed by atoms with Crippen LogP contribution >= 0.6 is 58.0 Å². The van der Waals surface area contributed by atoms with Gasteiger partial charge < -0.3 is 0 Å². The van der Waals surface area contributed by atoms with Gasteiger partial charge in [-0.25, -0.2) is 0 Å². The Bertz CT molecular complexity index is 367. The van der Waals surface area contributed by atoms with Gasteiger partial charge in [-0.3, -0.25) is 0 Å². The largest absolute Gasteiger partial charge is 0.227 e. The van der Waals surface area contributed by atoms with Crippen LogP contribution < -0.4 is 0 Å². The van der Waals surface area contributed by atoms with Crippen molar-refractivity contribution in [2.45, 2.75) is 27.4 Å². The lowest BCUT2D eigenvalue weighted by Crippen LogP contribution is -2.29. The van der Waals surface area contributed by atoms with E-state index in [4.69, 9.17) is 58.0 Å². The Morgan fingerprint density at radius 1 is 1.00 bits per heavy atom. The molecule has 0 atom stereocenters. The number of unbranched alkanes of at least 4 members (excludes halogenated alkanes) is 1. The van der Waals surface area contributed by atoms with Crippen molar-refractivity contribution in [1.82, 2.24) is 0 Å². The zero-order valence-electron chi connectivity index (χ0n) is 9.03. The number of alkyl halides is 5. The monoisotopic (exact) mass is 331 g/mol. The molecule has 0 saturated carbocycles. The molecule has 1 rings (SSSR count). The van der Waals surface area contributed by atoms with Crippen LogP contribution in [0, 0.1) is 6.92 Å². The van der Waals surface area contributed by atoms with Crippen LogP contribution in [0.2, 0.25) is 0 Å². The van der Waals surface area contributed by atoms with Crippen LogP contribution in [-0.4, -0.2) is 3.79 Å². The Morgan fingerprint density at radius 3 is 2.12 bits per heavy atom. The fourth-order valence-electron chi connectivity index (χ4n) is 1.51. The van der Waals surface area contributed by atoms with Crippen molar-refractivity contribution >= 4 is 58.0 Å². The van der Waals surface area contributed by atoms with E-state index in [0.717, 1.165) is 24.8 Å². The molecule has 5 heteroatoms. The number of hydrogen-bond donors (Lipinski definition) is 0. The minimum absolute atomic E-state index is 0.636. The third-order valence-electron chi connectivity index (χ3n) is 2.41. The Balaban J connectivity index is 3.12. The predicted molar refractivity (Wildman–Crippen MR) is 78.4 cm³/mol. The van der Waals surface area contributed by atoms with Crippen LogP contribution in [-0.2, 0) is 10.8 Å². The number of rotatable bonds is 4. The Morgan fingerprint density at radius 2 is 1.59 bits per heavy atom. The molecule has 0 bridgehead atoms. The van der Waals surface area contributed by atoms with Gasteiger partial charge in [0.05, 0.1) is 0 Å². The maximum absolute atomic E-state index is 6.18. The van der Waals surface area contributed by atoms with Crippen molar-refractivity contribution < 1.29 is 0 Å². The Hall–Kier alpha value is 0.670. The van der Waals surface area contributed by atoms with Crippen LogP contribution in [0.3, 0.4) is 0 Å². The van der Waals surface area contributed by atoms with Gasteiger partial charge in [0.2, 0.25) is 3.79 Å². The van der Waals surface area contributed by atoms with Crippen LogP contribution in [0.1, 0.15) is 24.0 Å². The number of aryl methyl sites for hydroxylation is 1. The molecule has 0 aliphatic rings. The van der Waals surface area contributed by atoms with Crippen molar-refractivity contribution in [3.05, 3.63) is 42.3 Å². The number of benzene rings is 1. The average Bonchev–Trinajstić information content (AvgIpc) is 2.25. The lowest BCUT2D eigenvalue weighted by Gasteiger charge is -2.29. The molecule has 0 amide bonds. The first-order valence-corrected chi connectivity index (χ1v) is 7.02. The molecule has 0 aliphatic carbocycles. The number of hydrogen-bond acceptors (Lipinski definition) is 0. The van der Waals surface area contributed by atoms with Crippen molar-refractivity contribution in [1.29, 1.82) is 0 Å². The van der Waals surface area contributed by atoms with Crippen LogP contribution in [0.5, 0.6) is 0 Å². The van der Waals surface area contributed by atoms with E-state index in [9.17, 15) is 0 Å². The molecule has 0 spiro atoms. The van der Waals surface area contributed by atoms with Gasteiger partial charge in [-0.05, 0) is 24.0 Å². The first-order chi connectivity index (χ1) is 7.80. The van der Waals surface area contributed by atoms with Crippen molar-refractivity contribution in [3.63, 3.8) is 0 Å². The Kier molecular flexibility index (Phi) is 5.75. The fraction of sp³-hybridized carbons (Fsp3) is 0.417. The van der Waals surface area contributed by atoms with Gasteiger partial charge in [0.15, 0.2) is 4.33 Å². The quantitative estimate of drug-likeness (QED) is 0.607. The molecule has 0 fully saturated rings. The minimum atomic E-state index is -1.78. The molecule has 0 saturated heterocycles. The highest BCUT2D eigenvalue weighted by atomic mass is 35.6. The maximum Gasteiger partial charge on any atom is 0.227 e. The second-order valence-corrected chi connectivity index (χ2v) is 7.29. The van der Waals surface area contributed by atoms with Crippen molar-refractivity contribution in [2.24, 2.45) is 0 Å².